The molecule has 0 saturated heterocycles. The van der Waals surface area contributed by atoms with Crippen molar-refractivity contribution in [3.63, 3.8) is 0 Å². The molecular formula is C18H40N2. The number of unbranched alkanes of at least 4 members (excludes halogenated alkanes) is 6. The maximum absolute atomic E-state index is 3.63. The van der Waals surface area contributed by atoms with Crippen molar-refractivity contribution in [3.8, 4) is 0 Å². The fourth-order valence-corrected chi connectivity index (χ4v) is 2.60. The minimum Gasteiger partial charge on any atom is -0.313 e. The standard InChI is InChI=1S/C18H40N2/c1-5-7-9-11-13-17(3)19-15-16-20-18(4)14-12-10-8-6-2/h17-20H,5-16H2,1-4H3. The lowest BCUT2D eigenvalue weighted by atomic mass is 10.1. The molecule has 0 aliphatic rings. The van der Waals surface area contributed by atoms with Gasteiger partial charge in [-0.05, 0) is 26.7 Å². The second kappa shape index (κ2) is 15.3. The van der Waals surface area contributed by atoms with Crippen LogP contribution in [0.25, 0.3) is 0 Å². The zero-order chi connectivity index (χ0) is 15.1. The van der Waals surface area contributed by atoms with Gasteiger partial charge in [0.2, 0.25) is 0 Å². The molecule has 2 heteroatoms. The predicted molar refractivity (Wildman–Crippen MR) is 92.4 cm³/mol. The van der Waals surface area contributed by atoms with Crippen LogP contribution in [0.2, 0.25) is 0 Å². The third-order valence-electron chi connectivity index (χ3n) is 4.09. The van der Waals surface area contributed by atoms with Crippen molar-refractivity contribution in [3.05, 3.63) is 0 Å². The third kappa shape index (κ3) is 14.3. The quantitative estimate of drug-likeness (QED) is 0.419. The van der Waals surface area contributed by atoms with Gasteiger partial charge in [-0.1, -0.05) is 65.2 Å². The molecule has 0 saturated carbocycles. The van der Waals surface area contributed by atoms with Gasteiger partial charge in [-0.15, -0.1) is 0 Å². The van der Waals surface area contributed by atoms with E-state index in [2.05, 4.69) is 38.3 Å². The average molecular weight is 285 g/mol. The average Bonchev–Trinajstić information content (AvgIpc) is 2.44. The van der Waals surface area contributed by atoms with Crippen molar-refractivity contribution in [2.75, 3.05) is 13.1 Å². The largest absolute Gasteiger partial charge is 0.313 e. The van der Waals surface area contributed by atoms with E-state index in [-0.39, 0.29) is 0 Å². The molecule has 0 aromatic rings. The highest BCUT2D eigenvalue weighted by Crippen LogP contribution is 2.06. The van der Waals surface area contributed by atoms with Gasteiger partial charge in [-0.2, -0.15) is 0 Å². The topological polar surface area (TPSA) is 24.1 Å². The molecule has 0 fully saturated rings. The first kappa shape index (κ1) is 19.9. The van der Waals surface area contributed by atoms with E-state index in [0.717, 1.165) is 13.1 Å². The zero-order valence-corrected chi connectivity index (χ0v) is 14.6. The van der Waals surface area contributed by atoms with Crippen LogP contribution in [0.1, 0.15) is 91.9 Å². The van der Waals surface area contributed by atoms with Gasteiger partial charge in [0, 0.05) is 25.2 Å². The Bertz CT molecular complexity index is 162. The molecule has 2 atom stereocenters. The van der Waals surface area contributed by atoms with Crippen molar-refractivity contribution in [2.45, 2.75) is 104 Å². The Labute approximate surface area is 128 Å². The Balaban J connectivity index is 3.28. The number of rotatable bonds is 15. The highest BCUT2D eigenvalue weighted by molar-refractivity contribution is 4.65. The van der Waals surface area contributed by atoms with Crippen LogP contribution < -0.4 is 10.6 Å². The van der Waals surface area contributed by atoms with Crippen LogP contribution in [0.5, 0.6) is 0 Å². The molecule has 2 unspecified atom stereocenters. The summed E-state index contributed by atoms with van der Waals surface area (Å²) in [6, 6.07) is 1.35. The van der Waals surface area contributed by atoms with Crippen LogP contribution in [-0.4, -0.2) is 25.2 Å². The van der Waals surface area contributed by atoms with Crippen LogP contribution in [0, 0.1) is 0 Å². The number of nitrogens with one attached hydrogen (secondary N) is 2. The molecule has 20 heavy (non-hydrogen) atoms. The van der Waals surface area contributed by atoms with Gasteiger partial charge < -0.3 is 10.6 Å². The van der Waals surface area contributed by atoms with Gasteiger partial charge >= 0.3 is 0 Å². The second-order valence-corrected chi connectivity index (χ2v) is 6.41. The second-order valence-electron chi connectivity index (χ2n) is 6.41. The molecule has 0 aromatic heterocycles. The summed E-state index contributed by atoms with van der Waals surface area (Å²) >= 11 is 0. The van der Waals surface area contributed by atoms with Gasteiger partial charge in [0.1, 0.15) is 0 Å². The highest BCUT2D eigenvalue weighted by atomic mass is 15.0. The molecule has 2 nitrogen and oxygen atoms in total. The summed E-state index contributed by atoms with van der Waals surface area (Å²) in [6.45, 7) is 11.4. The van der Waals surface area contributed by atoms with E-state index in [9.17, 15) is 0 Å². The monoisotopic (exact) mass is 284 g/mol. The van der Waals surface area contributed by atoms with E-state index < -0.39 is 0 Å². The number of hydrogen-bond donors (Lipinski definition) is 2. The SMILES string of the molecule is CCCCCCC(C)NCCNC(C)CCCCCC. The maximum atomic E-state index is 3.63. The fourth-order valence-electron chi connectivity index (χ4n) is 2.60. The summed E-state index contributed by atoms with van der Waals surface area (Å²) in [6.07, 6.45) is 13.7. The van der Waals surface area contributed by atoms with Gasteiger partial charge in [-0.3, -0.25) is 0 Å². The van der Waals surface area contributed by atoms with E-state index in [1.165, 1.54) is 64.2 Å². The molecule has 122 valence electrons. The van der Waals surface area contributed by atoms with Crippen LogP contribution in [-0.2, 0) is 0 Å². The van der Waals surface area contributed by atoms with Crippen LogP contribution in [0.15, 0.2) is 0 Å². The van der Waals surface area contributed by atoms with Gasteiger partial charge in [-0.25, -0.2) is 0 Å². The molecule has 0 spiro atoms. The van der Waals surface area contributed by atoms with Crippen LogP contribution in [0.3, 0.4) is 0 Å². The molecular weight excluding hydrogens is 244 g/mol. The van der Waals surface area contributed by atoms with Gasteiger partial charge in [0.05, 0.1) is 0 Å². The summed E-state index contributed by atoms with van der Waals surface area (Å²) in [4.78, 5) is 0. The Morgan fingerprint density at radius 2 is 1.00 bits per heavy atom. The van der Waals surface area contributed by atoms with Crippen molar-refractivity contribution in [1.82, 2.24) is 10.6 Å². The van der Waals surface area contributed by atoms with E-state index in [4.69, 9.17) is 0 Å². The van der Waals surface area contributed by atoms with E-state index >= 15 is 0 Å². The van der Waals surface area contributed by atoms with Crippen LogP contribution >= 0.6 is 0 Å². The molecule has 0 heterocycles. The smallest absolute Gasteiger partial charge is 0.00793 e. The minimum absolute atomic E-state index is 0.675. The van der Waals surface area contributed by atoms with Crippen molar-refractivity contribution in [2.24, 2.45) is 0 Å². The lowest BCUT2D eigenvalue weighted by molar-refractivity contribution is 0.444. The van der Waals surface area contributed by atoms with Crippen molar-refractivity contribution in [1.29, 1.82) is 0 Å². The van der Waals surface area contributed by atoms with E-state index in [1.807, 2.05) is 0 Å². The minimum atomic E-state index is 0.675. The molecule has 2 N–H and O–H groups in total. The highest BCUT2D eigenvalue weighted by Gasteiger charge is 2.02. The summed E-state index contributed by atoms with van der Waals surface area (Å²) in [5.74, 6) is 0. The van der Waals surface area contributed by atoms with Crippen molar-refractivity contribution < 1.29 is 0 Å². The van der Waals surface area contributed by atoms with Crippen molar-refractivity contribution >= 4 is 0 Å². The Kier molecular flexibility index (Phi) is 15.3. The molecule has 0 radical (unpaired) electrons. The zero-order valence-electron chi connectivity index (χ0n) is 14.6. The first-order valence-corrected chi connectivity index (χ1v) is 9.17. The molecule has 0 rings (SSSR count). The van der Waals surface area contributed by atoms with Gasteiger partial charge in [0.15, 0.2) is 0 Å². The normalized spacial score (nSPS) is 14.4. The van der Waals surface area contributed by atoms with E-state index in [1.54, 1.807) is 0 Å². The first-order valence-electron chi connectivity index (χ1n) is 9.17. The number of hydrogen-bond acceptors (Lipinski definition) is 2. The predicted octanol–water partition coefficient (Wildman–Crippen LogP) is 4.88. The summed E-state index contributed by atoms with van der Waals surface area (Å²) in [5.41, 5.74) is 0. The Morgan fingerprint density at radius 1 is 0.600 bits per heavy atom. The third-order valence-corrected chi connectivity index (χ3v) is 4.09. The maximum Gasteiger partial charge on any atom is 0.00793 e. The first-order chi connectivity index (χ1) is 9.70. The van der Waals surface area contributed by atoms with E-state index in [0.29, 0.717) is 12.1 Å². The molecule has 0 aromatic carbocycles. The lowest BCUT2D eigenvalue weighted by Crippen LogP contribution is -2.36. The molecule has 0 aliphatic heterocycles. The van der Waals surface area contributed by atoms with Gasteiger partial charge in [0.25, 0.3) is 0 Å². The Morgan fingerprint density at radius 3 is 1.35 bits per heavy atom. The molecule has 0 bridgehead atoms. The summed E-state index contributed by atoms with van der Waals surface area (Å²) in [5, 5.41) is 7.26. The lowest BCUT2D eigenvalue weighted by Gasteiger charge is -2.17. The summed E-state index contributed by atoms with van der Waals surface area (Å²) in [7, 11) is 0. The molecule has 0 amide bonds. The molecule has 0 aliphatic carbocycles. The summed E-state index contributed by atoms with van der Waals surface area (Å²) < 4.78 is 0. The Hall–Kier alpha value is -0.0800. The van der Waals surface area contributed by atoms with Crippen LogP contribution in [0.4, 0.5) is 0 Å². The fraction of sp³-hybridized carbons (Fsp3) is 1.00.